The van der Waals surface area contributed by atoms with Gasteiger partial charge in [0.25, 0.3) is 5.19 Å². The Kier molecular flexibility index (Phi) is 6.14. The zero-order valence-corrected chi connectivity index (χ0v) is 20.4. The van der Waals surface area contributed by atoms with Crippen LogP contribution in [0, 0.1) is 0 Å². The second kappa shape index (κ2) is 9.23. The number of pyridine rings is 1. The standard InChI is InChI=1S/C25H28N4O4S/c1-25(2,3)33-23(30)27-17-8-11-29(12-9-17)14-16-15-31-20-13-18(6-7-19(16)20)32-24-28-22-21(34-24)5-4-10-26-22/h4-7,10,13,15,17H,8-9,11-12,14H2,1-3H3,(H,27,30). The predicted octanol–water partition coefficient (Wildman–Crippen LogP) is 5.72. The first-order valence-corrected chi connectivity index (χ1v) is 12.3. The van der Waals surface area contributed by atoms with Gasteiger partial charge in [-0.1, -0.05) is 11.3 Å². The number of hydrogen-bond acceptors (Lipinski definition) is 8. The number of amides is 1. The van der Waals surface area contributed by atoms with Crippen LogP contribution in [0.1, 0.15) is 39.2 Å². The Morgan fingerprint density at radius 2 is 2.09 bits per heavy atom. The van der Waals surface area contributed by atoms with Gasteiger partial charge in [-0.05, 0) is 57.9 Å². The lowest BCUT2D eigenvalue weighted by atomic mass is 10.0. The Hall–Kier alpha value is -3.17. The van der Waals surface area contributed by atoms with Crippen LogP contribution in [0.15, 0.2) is 47.2 Å². The third-order valence-electron chi connectivity index (χ3n) is 5.68. The monoisotopic (exact) mass is 480 g/mol. The van der Waals surface area contributed by atoms with Crippen molar-refractivity contribution in [1.82, 2.24) is 20.2 Å². The van der Waals surface area contributed by atoms with E-state index in [1.165, 1.54) is 11.3 Å². The van der Waals surface area contributed by atoms with E-state index in [1.54, 1.807) is 6.20 Å². The Balaban J connectivity index is 1.18. The fraction of sp³-hybridized carbons (Fsp3) is 0.400. The summed E-state index contributed by atoms with van der Waals surface area (Å²) >= 11 is 1.46. The van der Waals surface area contributed by atoms with Crippen molar-refractivity contribution in [2.75, 3.05) is 13.1 Å². The van der Waals surface area contributed by atoms with Crippen molar-refractivity contribution in [3.63, 3.8) is 0 Å². The number of nitrogens with one attached hydrogen (secondary N) is 1. The van der Waals surface area contributed by atoms with Gasteiger partial charge in [0.15, 0.2) is 5.65 Å². The summed E-state index contributed by atoms with van der Waals surface area (Å²) in [5.41, 5.74) is 2.13. The van der Waals surface area contributed by atoms with Crippen LogP contribution in [0.2, 0.25) is 0 Å². The molecule has 0 radical (unpaired) electrons. The molecular formula is C25H28N4O4S. The van der Waals surface area contributed by atoms with Gasteiger partial charge in [0.1, 0.15) is 16.9 Å². The molecule has 0 aliphatic carbocycles. The van der Waals surface area contributed by atoms with E-state index in [0.29, 0.717) is 16.6 Å². The molecular weight excluding hydrogens is 452 g/mol. The molecule has 0 atom stereocenters. The van der Waals surface area contributed by atoms with Crippen molar-refractivity contribution in [1.29, 1.82) is 0 Å². The number of carbonyl (C=O) groups is 1. The zero-order valence-electron chi connectivity index (χ0n) is 19.5. The zero-order chi connectivity index (χ0) is 23.7. The molecule has 1 fully saturated rings. The summed E-state index contributed by atoms with van der Waals surface area (Å²) in [4.78, 5) is 23.1. The van der Waals surface area contributed by atoms with Crippen molar-refractivity contribution < 1.29 is 18.7 Å². The van der Waals surface area contributed by atoms with Gasteiger partial charge in [0.2, 0.25) is 0 Å². The molecule has 0 spiro atoms. The fourth-order valence-electron chi connectivity index (χ4n) is 4.09. The minimum atomic E-state index is -0.483. The summed E-state index contributed by atoms with van der Waals surface area (Å²) in [6.45, 7) is 8.23. The molecule has 5 rings (SSSR count). The van der Waals surface area contributed by atoms with Gasteiger partial charge < -0.3 is 19.2 Å². The van der Waals surface area contributed by atoms with Gasteiger partial charge in [0, 0.05) is 48.9 Å². The number of piperidine rings is 1. The molecule has 1 saturated heterocycles. The van der Waals surface area contributed by atoms with Crippen LogP contribution in [0.5, 0.6) is 10.9 Å². The lowest BCUT2D eigenvalue weighted by molar-refractivity contribution is 0.0477. The number of thiazole rings is 1. The van der Waals surface area contributed by atoms with Gasteiger partial charge in [-0.2, -0.15) is 4.98 Å². The van der Waals surface area contributed by atoms with E-state index in [1.807, 2.05) is 57.4 Å². The maximum Gasteiger partial charge on any atom is 0.407 e. The second-order valence-electron chi connectivity index (χ2n) is 9.52. The molecule has 1 aliphatic heterocycles. The fourth-order valence-corrected chi connectivity index (χ4v) is 4.89. The normalized spacial score (nSPS) is 15.6. The Morgan fingerprint density at radius 1 is 1.26 bits per heavy atom. The molecule has 0 bridgehead atoms. The van der Waals surface area contributed by atoms with Gasteiger partial charge in [-0.15, -0.1) is 0 Å². The van der Waals surface area contributed by atoms with E-state index in [2.05, 4.69) is 20.2 Å². The molecule has 8 nitrogen and oxygen atoms in total. The van der Waals surface area contributed by atoms with Crippen LogP contribution >= 0.6 is 11.3 Å². The van der Waals surface area contributed by atoms with Crippen LogP contribution < -0.4 is 10.1 Å². The molecule has 34 heavy (non-hydrogen) atoms. The first kappa shape index (κ1) is 22.6. The summed E-state index contributed by atoms with van der Waals surface area (Å²) in [7, 11) is 0. The van der Waals surface area contributed by atoms with Gasteiger partial charge in [0.05, 0.1) is 11.0 Å². The second-order valence-corrected chi connectivity index (χ2v) is 10.5. The van der Waals surface area contributed by atoms with Gasteiger partial charge in [-0.3, -0.25) is 4.90 Å². The number of rotatable bonds is 5. The average molecular weight is 481 g/mol. The van der Waals surface area contributed by atoms with Gasteiger partial charge in [-0.25, -0.2) is 9.78 Å². The van der Waals surface area contributed by atoms with Crippen molar-refractivity contribution in [2.24, 2.45) is 0 Å². The van der Waals surface area contributed by atoms with Crippen molar-refractivity contribution in [3.05, 3.63) is 48.4 Å². The first-order valence-electron chi connectivity index (χ1n) is 11.4. The number of nitrogens with zero attached hydrogens (tertiary/aromatic N) is 3. The topological polar surface area (TPSA) is 89.7 Å². The largest absolute Gasteiger partial charge is 0.464 e. The molecule has 4 heterocycles. The molecule has 1 N–H and O–H groups in total. The van der Waals surface area contributed by atoms with Crippen LogP contribution in [-0.4, -0.2) is 45.7 Å². The molecule has 9 heteroatoms. The lowest BCUT2D eigenvalue weighted by Crippen LogP contribution is -2.45. The minimum Gasteiger partial charge on any atom is -0.464 e. The van der Waals surface area contributed by atoms with E-state index < -0.39 is 5.60 Å². The van der Waals surface area contributed by atoms with Crippen LogP contribution in [0.4, 0.5) is 4.79 Å². The molecule has 1 aliphatic rings. The molecule has 178 valence electrons. The third-order valence-corrected chi connectivity index (χ3v) is 6.57. The summed E-state index contributed by atoms with van der Waals surface area (Å²) < 4.78 is 18.2. The number of aromatic nitrogens is 2. The minimum absolute atomic E-state index is 0.143. The van der Waals surface area contributed by atoms with Gasteiger partial charge >= 0.3 is 6.09 Å². The summed E-state index contributed by atoms with van der Waals surface area (Å²) in [5.74, 6) is 0.682. The maximum absolute atomic E-state index is 12.0. The molecule has 3 aromatic heterocycles. The van der Waals surface area contributed by atoms with Crippen molar-refractivity contribution in [2.45, 2.75) is 51.8 Å². The average Bonchev–Trinajstić information content (AvgIpc) is 3.37. The number of ether oxygens (including phenoxy) is 2. The number of carbonyl (C=O) groups excluding carboxylic acids is 1. The third kappa shape index (κ3) is 5.31. The number of benzene rings is 1. The Labute approximate surface area is 201 Å². The highest BCUT2D eigenvalue weighted by Gasteiger charge is 2.24. The van der Waals surface area contributed by atoms with E-state index in [-0.39, 0.29) is 12.1 Å². The summed E-state index contributed by atoms with van der Waals surface area (Å²) in [6, 6.07) is 9.88. The quantitative estimate of drug-likeness (QED) is 0.391. The SMILES string of the molecule is CC(C)(C)OC(=O)NC1CCN(Cc2coc3cc(Oc4nc5ncccc5s4)ccc23)CC1. The van der Waals surface area contributed by atoms with Crippen LogP contribution in [0.25, 0.3) is 21.3 Å². The molecule has 0 unspecified atom stereocenters. The highest BCUT2D eigenvalue weighted by atomic mass is 32.1. The summed E-state index contributed by atoms with van der Waals surface area (Å²) in [6.07, 6.45) is 4.99. The molecule has 1 amide bonds. The van der Waals surface area contributed by atoms with Crippen molar-refractivity contribution in [3.8, 4) is 10.9 Å². The maximum atomic E-state index is 12.0. The smallest absolute Gasteiger partial charge is 0.407 e. The Morgan fingerprint density at radius 3 is 2.85 bits per heavy atom. The molecule has 4 aromatic rings. The van der Waals surface area contributed by atoms with E-state index in [0.717, 1.165) is 53.7 Å². The van der Waals surface area contributed by atoms with Crippen LogP contribution in [0.3, 0.4) is 0 Å². The number of alkyl carbamates (subject to hydrolysis) is 1. The highest BCUT2D eigenvalue weighted by molar-refractivity contribution is 7.20. The van der Waals surface area contributed by atoms with Crippen molar-refractivity contribution >= 4 is 38.7 Å². The predicted molar refractivity (Wildman–Crippen MR) is 131 cm³/mol. The van der Waals surface area contributed by atoms with E-state index in [4.69, 9.17) is 13.9 Å². The van der Waals surface area contributed by atoms with Crippen LogP contribution in [-0.2, 0) is 11.3 Å². The van der Waals surface area contributed by atoms with E-state index >= 15 is 0 Å². The first-order chi connectivity index (χ1) is 16.3. The number of likely N-dealkylation sites (tertiary alicyclic amines) is 1. The number of furan rings is 1. The number of hydrogen-bond donors (Lipinski definition) is 1. The summed E-state index contributed by atoms with van der Waals surface area (Å²) in [5, 5.41) is 4.62. The Bertz CT molecular complexity index is 1270. The molecule has 1 aromatic carbocycles. The lowest BCUT2D eigenvalue weighted by Gasteiger charge is -2.32. The van der Waals surface area contributed by atoms with E-state index in [9.17, 15) is 4.79 Å². The molecule has 0 saturated carbocycles. The highest BCUT2D eigenvalue weighted by Crippen LogP contribution is 2.33. The number of fused-ring (bicyclic) bond motifs is 2.